The molecule has 0 radical (unpaired) electrons. The summed E-state index contributed by atoms with van der Waals surface area (Å²) >= 11 is 1.37. The molecule has 1 N–H and O–H groups in total. The van der Waals surface area contributed by atoms with Crippen molar-refractivity contribution in [2.75, 3.05) is 0 Å². The fraction of sp³-hybridized carbons (Fsp3) is 0.118. The van der Waals surface area contributed by atoms with Gasteiger partial charge in [0.1, 0.15) is 5.82 Å². The van der Waals surface area contributed by atoms with E-state index in [9.17, 15) is 9.18 Å². The minimum Gasteiger partial charge on any atom is -0.347 e. The van der Waals surface area contributed by atoms with E-state index in [4.69, 9.17) is 0 Å². The predicted octanol–water partition coefficient (Wildman–Crippen LogP) is 4.28. The van der Waals surface area contributed by atoms with Gasteiger partial charge in [-0.1, -0.05) is 24.3 Å². The maximum absolute atomic E-state index is 13.2. The molecule has 106 valence electrons. The predicted molar refractivity (Wildman–Crippen MR) is 84.1 cm³/mol. The van der Waals surface area contributed by atoms with E-state index in [0.717, 1.165) is 21.2 Å². The van der Waals surface area contributed by atoms with E-state index in [-0.39, 0.29) is 11.7 Å². The first kappa shape index (κ1) is 13.8. The van der Waals surface area contributed by atoms with Gasteiger partial charge in [0.2, 0.25) is 0 Å². The molecule has 1 amide bonds. The Morgan fingerprint density at radius 2 is 2.00 bits per heavy atom. The minimum atomic E-state index is -0.285. The molecule has 0 saturated heterocycles. The van der Waals surface area contributed by atoms with Crippen molar-refractivity contribution in [3.8, 4) is 0 Å². The Morgan fingerprint density at radius 1 is 1.19 bits per heavy atom. The minimum absolute atomic E-state index is 0.125. The van der Waals surface area contributed by atoms with Gasteiger partial charge in [0.05, 0.1) is 4.88 Å². The molecule has 0 fully saturated rings. The SMILES string of the molecule is Cc1ccccc1CNC(=O)c1cc2cc(F)ccc2s1. The molecule has 1 aromatic heterocycles. The van der Waals surface area contributed by atoms with Gasteiger partial charge in [0, 0.05) is 11.2 Å². The van der Waals surface area contributed by atoms with E-state index in [1.54, 1.807) is 12.1 Å². The molecule has 4 heteroatoms. The van der Waals surface area contributed by atoms with Crippen LogP contribution >= 0.6 is 11.3 Å². The lowest BCUT2D eigenvalue weighted by atomic mass is 10.1. The number of amides is 1. The van der Waals surface area contributed by atoms with Crippen LogP contribution in [0.2, 0.25) is 0 Å². The molecule has 0 aliphatic heterocycles. The second-order valence-corrected chi connectivity index (χ2v) is 5.99. The zero-order valence-electron chi connectivity index (χ0n) is 11.5. The van der Waals surface area contributed by atoms with E-state index in [1.165, 1.54) is 23.5 Å². The number of nitrogens with one attached hydrogen (secondary N) is 1. The lowest BCUT2D eigenvalue weighted by molar-refractivity contribution is 0.0955. The van der Waals surface area contributed by atoms with Gasteiger partial charge < -0.3 is 5.32 Å². The number of carbonyl (C=O) groups excluding carboxylic acids is 1. The molecule has 21 heavy (non-hydrogen) atoms. The summed E-state index contributed by atoms with van der Waals surface area (Å²) in [6, 6.07) is 14.2. The molecule has 3 aromatic rings. The summed E-state index contributed by atoms with van der Waals surface area (Å²) in [4.78, 5) is 12.8. The summed E-state index contributed by atoms with van der Waals surface area (Å²) in [6.45, 7) is 2.51. The van der Waals surface area contributed by atoms with Crippen LogP contribution in [0.1, 0.15) is 20.8 Å². The van der Waals surface area contributed by atoms with Crippen LogP contribution in [0, 0.1) is 12.7 Å². The van der Waals surface area contributed by atoms with Gasteiger partial charge in [0.15, 0.2) is 0 Å². The number of thiophene rings is 1. The van der Waals surface area contributed by atoms with Crippen molar-refractivity contribution >= 4 is 27.3 Å². The second kappa shape index (κ2) is 5.66. The van der Waals surface area contributed by atoms with Crippen LogP contribution in [-0.4, -0.2) is 5.91 Å². The number of fused-ring (bicyclic) bond motifs is 1. The molecule has 0 aliphatic carbocycles. The largest absolute Gasteiger partial charge is 0.347 e. The van der Waals surface area contributed by atoms with E-state index in [1.807, 2.05) is 31.2 Å². The Hall–Kier alpha value is -2.20. The molecule has 1 heterocycles. The molecule has 0 bridgehead atoms. The number of halogens is 1. The van der Waals surface area contributed by atoms with Crippen molar-refractivity contribution in [2.24, 2.45) is 0 Å². The monoisotopic (exact) mass is 299 g/mol. The fourth-order valence-corrected chi connectivity index (χ4v) is 3.16. The third-order valence-corrected chi connectivity index (χ3v) is 4.52. The van der Waals surface area contributed by atoms with E-state index >= 15 is 0 Å². The molecular formula is C17H14FNOS. The lowest BCUT2D eigenvalue weighted by Gasteiger charge is -2.06. The number of aryl methyl sites for hydroxylation is 1. The van der Waals surface area contributed by atoms with Gasteiger partial charge in [-0.3, -0.25) is 4.79 Å². The molecule has 0 atom stereocenters. The summed E-state index contributed by atoms with van der Waals surface area (Å²) in [7, 11) is 0. The van der Waals surface area contributed by atoms with Gasteiger partial charge in [-0.15, -0.1) is 11.3 Å². The van der Waals surface area contributed by atoms with Crippen molar-refractivity contribution in [2.45, 2.75) is 13.5 Å². The van der Waals surface area contributed by atoms with Crippen molar-refractivity contribution < 1.29 is 9.18 Å². The number of benzene rings is 2. The van der Waals surface area contributed by atoms with Crippen molar-refractivity contribution in [1.29, 1.82) is 0 Å². The zero-order valence-corrected chi connectivity index (χ0v) is 12.3. The van der Waals surface area contributed by atoms with Crippen molar-refractivity contribution in [1.82, 2.24) is 5.32 Å². The van der Waals surface area contributed by atoms with Crippen molar-refractivity contribution in [3.05, 3.63) is 70.4 Å². The van der Waals surface area contributed by atoms with Gasteiger partial charge in [-0.2, -0.15) is 0 Å². The molecule has 0 aliphatic rings. The summed E-state index contributed by atoms with van der Waals surface area (Å²) in [5, 5.41) is 3.67. The summed E-state index contributed by atoms with van der Waals surface area (Å²) in [6.07, 6.45) is 0. The number of rotatable bonds is 3. The maximum Gasteiger partial charge on any atom is 0.261 e. The van der Waals surface area contributed by atoms with E-state index in [0.29, 0.717) is 11.4 Å². The highest BCUT2D eigenvalue weighted by molar-refractivity contribution is 7.20. The summed E-state index contributed by atoms with van der Waals surface area (Å²) in [5.41, 5.74) is 2.24. The third-order valence-electron chi connectivity index (χ3n) is 3.40. The molecular weight excluding hydrogens is 285 g/mol. The fourth-order valence-electron chi connectivity index (χ4n) is 2.20. The molecule has 3 rings (SSSR count). The van der Waals surface area contributed by atoms with Gasteiger partial charge in [-0.05, 0) is 47.7 Å². The second-order valence-electron chi connectivity index (χ2n) is 4.90. The van der Waals surface area contributed by atoms with Crippen LogP contribution in [0.15, 0.2) is 48.5 Å². The highest BCUT2D eigenvalue weighted by atomic mass is 32.1. The molecule has 0 unspecified atom stereocenters. The van der Waals surface area contributed by atoms with Crippen LogP contribution in [0.25, 0.3) is 10.1 Å². The number of hydrogen-bond donors (Lipinski definition) is 1. The van der Waals surface area contributed by atoms with E-state index < -0.39 is 0 Å². The molecule has 0 saturated carbocycles. The third kappa shape index (κ3) is 2.95. The van der Waals surface area contributed by atoms with Crippen LogP contribution < -0.4 is 5.32 Å². The Morgan fingerprint density at radius 3 is 2.81 bits per heavy atom. The average Bonchev–Trinajstić information content (AvgIpc) is 2.89. The number of carbonyl (C=O) groups is 1. The molecule has 0 spiro atoms. The Kier molecular flexibility index (Phi) is 3.71. The van der Waals surface area contributed by atoms with Crippen molar-refractivity contribution in [3.63, 3.8) is 0 Å². The van der Waals surface area contributed by atoms with E-state index in [2.05, 4.69) is 5.32 Å². The standard InChI is InChI=1S/C17H14FNOS/c1-11-4-2-3-5-12(11)10-19-17(20)16-9-13-8-14(18)6-7-15(13)21-16/h2-9H,10H2,1H3,(H,19,20). The topological polar surface area (TPSA) is 29.1 Å². The summed E-state index contributed by atoms with van der Waals surface area (Å²) in [5.74, 6) is -0.410. The number of hydrogen-bond acceptors (Lipinski definition) is 2. The first-order valence-electron chi connectivity index (χ1n) is 6.65. The smallest absolute Gasteiger partial charge is 0.261 e. The highest BCUT2D eigenvalue weighted by Gasteiger charge is 2.10. The van der Waals surface area contributed by atoms with Gasteiger partial charge in [0.25, 0.3) is 5.91 Å². The molecule has 2 aromatic carbocycles. The first-order valence-corrected chi connectivity index (χ1v) is 7.47. The van der Waals surface area contributed by atoms with Crippen LogP contribution in [0.4, 0.5) is 4.39 Å². The Balaban J connectivity index is 1.76. The normalized spacial score (nSPS) is 10.8. The average molecular weight is 299 g/mol. The summed E-state index contributed by atoms with van der Waals surface area (Å²) < 4.78 is 14.1. The quantitative estimate of drug-likeness (QED) is 0.768. The lowest BCUT2D eigenvalue weighted by Crippen LogP contribution is -2.22. The maximum atomic E-state index is 13.2. The van der Waals surface area contributed by atoms with Crippen LogP contribution in [-0.2, 0) is 6.54 Å². The highest BCUT2D eigenvalue weighted by Crippen LogP contribution is 2.26. The van der Waals surface area contributed by atoms with Gasteiger partial charge >= 0.3 is 0 Å². The molecule has 2 nitrogen and oxygen atoms in total. The van der Waals surface area contributed by atoms with Gasteiger partial charge in [-0.25, -0.2) is 4.39 Å². The Bertz CT molecular complexity index is 809. The van der Waals surface area contributed by atoms with Crippen LogP contribution in [0.5, 0.6) is 0 Å². The first-order chi connectivity index (χ1) is 10.1. The zero-order chi connectivity index (χ0) is 14.8. The van der Waals surface area contributed by atoms with Crippen LogP contribution in [0.3, 0.4) is 0 Å². The Labute approximate surface area is 126 Å².